The topological polar surface area (TPSA) is 55.2 Å². The lowest BCUT2D eigenvalue weighted by Crippen LogP contribution is -2.09. The summed E-state index contributed by atoms with van der Waals surface area (Å²) < 4.78 is 26.3. The Labute approximate surface area is 119 Å². The maximum Gasteiger partial charge on any atom is 0.295 e. The minimum absolute atomic E-state index is 0.134. The summed E-state index contributed by atoms with van der Waals surface area (Å²) >= 11 is 0. The van der Waals surface area contributed by atoms with Crippen LogP contribution in [0.2, 0.25) is 0 Å². The summed E-state index contributed by atoms with van der Waals surface area (Å²) in [6, 6.07) is 7.83. The minimum atomic E-state index is -0.652. The molecule has 0 saturated carbocycles. The second kappa shape index (κ2) is 5.12. The summed E-state index contributed by atoms with van der Waals surface area (Å²) in [6.07, 6.45) is 1.42. The molecule has 0 radical (unpaired) electrons. The van der Waals surface area contributed by atoms with E-state index in [0.717, 1.165) is 17.2 Å². The van der Waals surface area contributed by atoms with Crippen molar-refractivity contribution in [1.82, 2.24) is 0 Å². The maximum atomic E-state index is 13.2. The van der Waals surface area contributed by atoms with Crippen molar-refractivity contribution in [2.75, 3.05) is 5.32 Å². The lowest BCUT2D eigenvalue weighted by Gasteiger charge is -2.15. The first-order valence-corrected chi connectivity index (χ1v) is 6.53. The monoisotopic (exact) mass is 290 g/mol. The molecule has 0 aromatic heterocycles. The summed E-state index contributed by atoms with van der Waals surface area (Å²) in [5.41, 5.74) is 1.79. The Morgan fingerprint density at radius 1 is 1.14 bits per heavy atom. The number of aryl methyl sites for hydroxylation is 1. The molecule has 21 heavy (non-hydrogen) atoms. The summed E-state index contributed by atoms with van der Waals surface area (Å²) in [4.78, 5) is 10.4. The molecule has 0 fully saturated rings. The van der Waals surface area contributed by atoms with Crippen LogP contribution < -0.4 is 5.32 Å². The summed E-state index contributed by atoms with van der Waals surface area (Å²) in [5, 5.41) is 14.1. The van der Waals surface area contributed by atoms with Crippen LogP contribution in [0.1, 0.15) is 23.6 Å². The molecular weight excluding hydrogens is 278 g/mol. The van der Waals surface area contributed by atoms with Crippen molar-refractivity contribution in [2.24, 2.45) is 0 Å². The van der Waals surface area contributed by atoms with Gasteiger partial charge in [0.2, 0.25) is 0 Å². The summed E-state index contributed by atoms with van der Waals surface area (Å²) in [7, 11) is 0. The molecule has 0 spiro atoms. The first-order chi connectivity index (χ1) is 10.0. The van der Waals surface area contributed by atoms with Crippen LogP contribution in [0.15, 0.2) is 36.4 Å². The van der Waals surface area contributed by atoms with Gasteiger partial charge in [-0.05, 0) is 48.2 Å². The van der Waals surface area contributed by atoms with Crippen molar-refractivity contribution >= 4 is 11.4 Å². The minimum Gasteiger partial charge on any atom is -0.373 e. The van der Waals surface area contributed by atoms with Gasteiger partial charge in [0.1, 0.15) is 17.3 Å². The van der Waals surface area contributed by atoms with Crippen molar-refractivity contribution in [1.29, 1.82) is 0 Å². The maximum absolute atomic E-state index is 13.2. The van der Waals surface area contributed by atoms with E-state index in [4.69, 9.17) is 0 Å². The van der Waals surface area contributed by atoms with Gasteiger partial charge in [-0.1, -0.05) is 6.07 Å². The molecule has 2 aromatic carbocycles. The van der Waals surface area contributed by atoms with Gasteiger partial charge in [-0.15, -0.1) is 0 Å². The third kappa shape index (κ3) is 2.56. The van der Waals surface area contributed by atoms with Crippen LogP contribution in [0.4, 0.5) is 20.2 Å². The second-order valence-electron chi connectivity index (χ2n) is 5.00. The standard InChI is InChI=1S/C15H12F2N2O2/c16-10-2-4-12-9(7-10)1-5-13(12)18-14-6-3-11(17)8-15(14)19(20)21/h2-4,6-8,13,18H,1,5H2. The van der Waals surface area contributed by atoms with Gasteiger partial charge < -0.3 is 5.32 Å². The number of halogens is 2. The Balaban J connectivity index is 1.91. The number of rotatable bonds is 3. The van der Waals surface area contributed by atoms with Gasteiger partial charge in [-0.2, -0.15) is 0 Å². The number of nitrogens with one attached hydrogen (secondary N) is 1. The van der Waals surface area contributed by atoms with E-state index in [-0.39, 0.29) is 23.2 Å². The Morgan fingerprint density at radius 3 is 2.62 bits per heavy atom. The quantitative estimate of drug-likeness (QED) is 0.687. The fraction of sp³-hybridized carbons (Fsp3) is 0.200. The van der Waals surface area contributed by atoms with Crippen molar-refractivity contribution in [2.45, 2.75) is 18.9 Å². The van der Waals surface area contributed by atoms with Gasteiger partial charge in [-0.25, -0.2) is 8.78 Å². The fourth-order valence-corrected chi connectivity index (χ4v) is 2.70. The molecule has 1 unspecified atom stereocenters. The molecule has 3 rings (SSSR count). The molecule has 1 aliphatic rings. The molecule has 0 bridgehead atoms. The lowest BCUT2D eigenvalue weighted by atomic mass is 10.1. The number of hydrogen-bond acceptors (Lipinski definition) is 3. The van der Waals surface area contributed by atoms with E-state index in [1.54, 1.807) is 6.07 Å². The van der Waals surface area contributed by atoms with Crippen molar-refractivity contribution < 1.29 is 13.7 Å². The molecule has 1 aliphatic carbocycles. The van der Waals surface area contributed by atoms with E-state index in [0.29, 0.717) is 12.8 Å². The second-order valence-corrected chi connectivity index (χ2v) is 5.00. The van der Waals surface area contributed by atoms with Crippen LogP contribution in [0.3, 0.4) is 0 Å². The Hall–Kier alpha value is -2.50. The zero-order valence-electron chi connectivity index (χ0n) is 11.0. The van der Waals surface area contributed by atoms with E-state index in [2.05, 4.69) is 5.32 Å². The highest BCUT2D eigenvalue weighted by molar-refractivity contribution is 5.63. The Morgan fingerprint density at radius 2 is 1.86 bits per heavy atom. The van der Waals surface area contributed by atoms with E-state index in [9.17, 15) is 18.9 Å². The largest absolute Gasteiger partial charge is 0.373 e. The SMILES string of the molecule is O=[N+]([O-])c1cc(F)ccc1NC1CCc2cc(F)ccc21. The molecule has 1 atom stereocenters. The number of fused-ring (bicyclic) bond motifs is 1. The van der Waals surface area contributed by atoms with Crippen LogP contribution >= 0.6 is 0 Å². The molecule has 0 aliphatic heterocycles. The van der Waals surface area contributed by atoms with Crippen LogP contribution in [0.5, 0.6) is 0 Å². The molecule has 1 N–H and O–H groups in total. The van der Waals surface area contributed by atoms with E-state index in [1.165, 1.54) is 24.3 Å². The number of nitro groups is 1. The molecule has 4 nitrogen and oxygen atoms in total. The number of hydrogen-bond donors (Lipinski definition) is 1. The Bertz CT molecular complexity index is 719. The zero-order chi connectivity index (χ0) is 15.0. The summed E-state index contributed by atoms with van der Waals surface area (Å²) in [6.45, 7) is 0. The molecule has 6 heteroatoms. The average Bonchev–Trinajstić information content (AvgIpc) is 2.82. The molecule has 108 valence electrons. The van der Waals surface area contributed by atoms with Crippen LogP contribution in [-0.2, 0) is 6.42 Å². The molecule has 0 saturated heterocycles. The van der Waals surface area contributed by atoms with E-state index in [1.807, 2.05) is 0 Å². The number of nitrogens with zero attached hydrogens (tertiary/aromatic N) is 1. The third-order valence-electron chi connectivity index (χ3n) is 3.67. The van der Waals surface area contributed by atoms with Crippen molar-refractivity contribution in [3.8, 4) is 0 Å². The summed E-state index contributed by atoms with van der Waals surface area (Å²) in [5.74, 6) is -0.941. The van der Waals surface area contributed by atoms with E-state index < -0.39 is 10.7 Å². The van der Waals surface area contributed by atoms with Crippen molar-refractivity contribution in [3.05, 3.63) is 69.3 Å². The highest BCUT2D eigenvalue weighted by Crippen LogP contribution is 2.36. The number of anilines is 1. The molecule has 0 amide bonds. The third-order valence-corrected chi connectivity index (χ3v) is 3.67. The van der Waals surface area contributed by atoms with Gasteiger partial charge in [0.15, 0.2) is 0 Å². The van der Waals surface area contributed by atoms with Gasteiger partial charge >= 0.3 is 0 Å². The normalized spacial score (nSPS) is 16.6. The van der Waals surface area contributed by atoms with Gasteiger partial charge in [-0.3, -0.25) is 10.1 Å². The van der Waals surface area contributed by atoms with Gasteiger partial charge in [0.05, 0.1) is 17.0 Å². The zero-order valence-corrected chi connectivity index (χ0v) is 11.0. The first-order valence-electron chi connectivity index (χ1n) is 6.53. The predicted octanol–water partition coefficient (Wildman–Crippen LogP) is 3.97. The average molecular weight is 290 g/mol. The predicted molar refractivity (Wildman–Crippen MR) is 74.1 cm³/mol. The molecular formula is C15H12F2N2O2. The van der Waals surface area contributed by atoms with E-state index >= 15 is 0 Å². The van der Waals surface area contributed by atoms with Crippen LogP contribution in [0.25, 0.3) is 0 Å². The fourth-order valence-electron chi connectivity index (χ4n) is 2.70. The van der Waals surface area contributed by atoms with Crippen LogP contribution in [0, 0.1) is 21.7 Å². The smallest absolute Gasteiger partial charge is 0.295 e. The molecule has 2 aromatic rings. The van der Waals surface area contributed by atoms with Crippen LogP contribution in [-0.4, -0.2) is 4.92 Å². The van der Waals surface area contributed by atoms with Gasteiger partial charge in [0.25, 0.3) is 5.69 Å². The first kappa shape index (κ1) is 13.5. The number of benzene rings is 2. The lowest BCUT2D eigenvalue weighted by molar-refractivity contribution is -0.384. The van der Waals surface area contributed by atoms with Gasteiger partial charge in [0, 0.05) is 0 Å². The highest BCUT2D eigenvalue weighted by atomic mass is 19.1. The highest BCUT2D eigenvalue weighted by Gasteiger charge is 2.25. The Kier molecular flexibility index (Phi) is 3.29. The number of nitro benzene ring substituents is 1. The molecule has 0 heterocycles. The van der Waals surface area contributed by atoms with Crippen molar-refractivity contribution in [3.63, 3.8) is 0 Å².